The van der Waals surface area contributed by atoms with Crippen LogP contribution in [-0.2, 0) is 9.53 Å². The van der Waals surface area contributed by atoms with Gasteiger partial charge in [-0.2, -0.15) is 0 Å². The number of nitrogens with one attached hydrogen (secondary N) is 1. The maximum atomic E-state index is 11.3. The zero-order valence-electron chi connectivity index (χ0n) is 12.9. The largest absolute Gasteiger partial charge is 0.480 e. The summed E-state index contributed by atoms with van der Waals surface area (Å²) in [4.78, 5) is 13.6. The second-order valence-electron chi connectivity index (χ2n) is 4.73. The molecule has 0 radical (unpaired) electrons. The topological polar surface area (TPSA) is 61.8 Å². The zero-order valence-corrected chi connectivity index (χ0v) is 12.9. The van der Waals surface area contributed by atoms with Crippen molar-refractivity contribution in [2.24, 2.45) is 0 Å². The number of carbonyl (C=O) groups is 1. The van der Waals surface area contributed by atoms with Crippen LogP contribution in [0.5, 0.6) is 0 Å². The van der Waals surface area contributed by atoms with Crippen LogP contribution < -0.4 is 5.32 Å². The van der Waals surface area contributed by atoms with Crippen LogP contribution in [0.15, 0.2) is 0 Å². The molecule has 0 heterocycles. The van der Waals surface area contributed by atoms with Crippen molar-refractivity contribution in [3.63, 3.8) is 0 Å². The third-order valence-corrected chi connectivity index (χ3v) is 3.77. The average Bonchev–Trinajstić information content (AvgIpc) is 2.41. The standard InChI is InChI=1S/C14H30N2O3/c1-5-14(15-4,13(17)18)9-8-10-16(6-2)11-12-19-7-3/h15H,5-12H2,1-4H3,(H,17,18). The van der Waals surface area contributed by atoms with E-state index in [1.807, 2.05) is 13.8 Å². The summed E-state index contributed by atoms with van der Waals surface area (Å²) in [7, 11) is 1.73. The lowest BCUT2D eigenvalue weighted by atomic mass is 9.90. The van der Waals surface area contributed by atoms with Crippen molar-refractivity contribution >= 4 is 5.97 Å². The molecule has 0 spiro atoms. The molecule has 19 heavy (non-hydrogen) atoms. The first-order valence-corrected chi connectivity index (χ1v) is 7.28. The van der Waals surface area contributed by atoms with E-state index in [4.69, 9.17) is 4.74 Å². The van der Waals surface area contributed by atoms with Crippen molar-refractivity contribution in [3.8, 4) is 0 Å². The van der Waals surface area contributed by atoms with Crippen molar-refractivity contribution in [2.45, 2.75) is 45.6 Å². The van der Waals surface area contributed by atoms with Crippen LogP contribution >= 0.6 is 0 Å². The summed E-state index contributed by atoms with van der Waals surface area (Å²) in [5, 5.41) is 12.3. The highest BCUT2D eigenvalue weighted by molar-refractivity contribution is 5.78. The molecule has 114 valence electrons. The van der Waals surface area contributed by atoms with Gasteiger partial charge in [-0.1, -0.05) is 13.8 Å². The van der Waals surface area contributed by atoms with Gasteiger partial charge in [-0.15, -0.1) is 0 Å². The smallest absolute Gasteiger partial charge is 0.323 e. The molecule has 0 aromatic carbocycles. The number of carboxylic acid groups (broad SMARTS) is 1. The highest BCUT2D eigenvalue weighted by Gasteiger charge is 2.34. The van der Waals surface area contributed by atoms with Crippen LogP contribution in [0.25, 0.3) is 0 Å². The molecular weight excluding hydrogens is 244 g/mol. The van der Waals surface area contributed by atoms with Gasteiger partial charge in [-0.3, -0.25) is 4.79 Å². The molecule has 0 bridgehead atoms. The predicted molar refractivity (Wildman–Crippen MR) is 77.6 cm³/mol. The summed E-state index contributed by atoms with van der Waals surface area (Å²) < 4.78 is 5.35. The minimum atomic E-state index is -0.778. The number of carboxylic acids is 1. The number of ether oxygens (including phenoxy) is 1. The fourth-order valence-corrected chi connectivity index (χ4v) is 2.21. The van der Waals surface area contributed by atoms with Gasteiger partial charge in [-0.25, -0.2) is 0 Å². The molecule has 0 aliphatic carbocycles. The van der Waals surface area contributed by atoms with Gasteiger partial charge in [0, 0.05) is 13.2 Å². The van der Waals surface area contributed by atoms with Gasteiger partial charge in [0.25, 0.3) is 0 Å². The molecule has 0 aliphatic heterocycles. The molecule has 0 saturated carbocycles. The summed E-state index contributed by atoms with van der Waals surface area (Å²) in [5.41, 5.74) is -0.778. The van der Waals surface area contributed by atoms with Gasteiger partial charge in [0.1, 0.15) is 5.54 Å². The number of hydrogen-bond donors (Lipinski definition) is 2. The highest BCUT2D eigenvalue weighted by atomic mass is 16.5. The van der Waals surface area contributed by atoms with Crippen molar-refractivity contribution < 1.29 is 14.6 Å². The first-order valence-electron chi connectivity index (χ1n) is 7.28. The Balaban J connectivity index is 4.12. The molecule has 0 aliphatic rings. The molecule has 0 saturated heterocycles. The zero-order chi connectivity index (χ0) is 14.7. The quantitative estimate of drug-likeness (QED) is 0.529. The first-order chi connectivity index (χ1) is 9.06. The maximum Gasteiger partial charge on any atom is 0.323 e. The summed E-state index contributed by atoms with van der Waals surface area (Å²) in [6, 6.07) is 0. The van der Waals surface area contributed by atoms with Gasteiger partial charge in [0.15, 0.2) is 0 Å². The van der Waals surface area contributed by atoms with Gasteiger partial charge < -0.3 is 20.1 Å². The lowest BCUT2D eigenvalue weighted by molar-refractivity contribution is -0.145. The minimum Gasteiger partial charge on any atom is -0.480 e. The molecule has 0 amide bonds. The van der Waals surface area contributed by atoms with Crippen LogP contribution in [0.3, 0.4) is 0 Å². The summed E-state index contributed by atoms with van der Waals surface area (Å²) in [6.07, 6.45) is 2.13. The highest BCUT2D eigenvalue weighted by Crippen LogP contribution is 2.17. The molecule has 1 unspecified atom stereocenters. The Hall–Kier alpha value is -0.650. The van der Waals surface area contributed by atoms with Gasteiger partial charge in [-0.05, 0) is 46.3 Å². The van der Waals surface area contributed by atoms with E-state index in [9.17, 15) is 9.90 Å². The molecule has 5 nitrogen and oxygen atoms in total. The SMILES string of the molecule is CCOCCN(CC)CCCC(CC)(NC)C(=O)O. The van der Waals surface area contributed by atoms with E-state index in [2.05, 4.69) is 17.1 Å². The second-order valence-corrected chi connectivity index (χ2v) is 4.73. The van der Waals surface area contributed by atoms with Crippen LogP contribution in [0.4, 0.5) is 0 Å². The number of hydrogen-bond acceptors (Lipinski definition) is 4. The normalized spacial score (nSPS) is 14.6. The summed E-state index contributed by atoms with van der Waals surface area (Å²) >= 11 is 0. The van der Waals surface area contributed by atoms with Crippen LogP contribution in [0, 0.1) is 0 Å². The number of aliphatic carboxylic acids is 1. The number of rotatable bonds is 12. The Kier molecular flexibility index (Phi) is 9.83. The van der Waals surface area contributed by atoms with Crippen molar-refractivity contribution in [1.29, 1.82) is 0 Å². The van der Waals surface area contributed by atoms with Crippen molar-refractivity contribution in [3.05, 3.63) is 0 Å². The van der Waals surface area contributed by atoms with Crippen LogP contribution in [0.2, 0.25) is 0 Å². The Bertz CT molecular complexity index is 243. The molecule has 5 heteroatoms. The Morgan fingerprint density at radius 2 is 2.00 bits per heavy atom. The van der Waals surface area contributed by atoms with Gasteiger partial charge in [0.05, 0.1) is 6.61 Å². The second kappa shape index (κ2) is 10.2. The van der Waals surface area contributed by atoms with Crippen LogP contribution in [-0.4, -0.2) is 61.4 Å². The van der Waals surface area contributed by atoms with E-state index < -0.39 is 11.5 Å². The van der Waals surface area contributed by atoms with Crippen LogP contribution in [0.1, 0.15) is 40.0 Å². The van der Waals surface area contributed by atoms with E-state index in [0.29, 0.717) is 12.8 Å². The average molecular weight is 274 g/mol. The molecule has 0 aromatic heterocycles. The van der Waals surface area contributed by atoms with Crippen molar-refractivity contribution in [2.75, 3.05) is 39.9 Å². The fraction of sp³-hybridized carbons (Fsp3) is 0.929. The molecule has 1 atom stereocenters. The van der Waals surface area contributed by atoms with Gasteiger partial charge in [0.2, 0.25) is 0 Å². The van der Waals surface area contributed by atoms with E-state index in [-0.39, 0.29) is 0 Å². The molecule has 0 rings (SSSR count). The van der Waals surface area contributed by atoms with E-state index >= 15 is 0 Å². The van der Waals surface area contributed by atoms with Gasteiger partial charge >= 0.3 is 5.97 Å². The fourth-order valence-electron chi connectivity index (χ4n) is 2.21. The van der Waals surface area contributed by atoms with Crippen molar-refractivity contribution in [1.82, 2.24) is 10.2 Å². The third kappa shape index (κ3) is 6.36. The molecule has 0 fully saturated rings. The summed E-state index contributed by atoms with van der Waals surface area (Å²) in [6.45, 7) is 10.3. The first kappa shape index (κ1) is 18.4. The third-order valence-electron chi connectivity index (χ3n) is 3.77. The monoisotopic (exact) mass is 274 g/mol. The Morgan fingerprint density at radius 3 is 2.42 bits per heavy atom. The molecule has 2 N–H and O–H groups in total. The minimum absolute atomic E-state index is 0.601. The lowest BCUT2D eigenvalue weighted by Gasteiger charge is -2.29. The maximum absolute atomic E-state index is 11.3. The molecular formula is C14H30N2O3. The van der Waals surface area contributed by atoms with E-state index in [0.717, 1.165) is 39.3 Å². The number of likely N-dealkylation sites (N-methyl/N-ethyl adjacent to an activating group) is 2. The summed E-state index contributed by atoms with van der Waals surface area (Å²) in [5.74, 6) is -0.755. The predicted octanol–water partition coefficient (Wildman–Crippen LogP) is 1.58. The lowest BCUT2D eigenvalue weighted by Crippen LogP contribution is -2.50. The number of nitrogens with zero attached hydrogens (tertiary/aromatic N) is 1. The van der Waals surface area contributed by atoms with E-state index in [1.54, 1.807) is 7.05 Å². The molecule has 0 aromatic rings. The Morgan fingerprint density at radius 1 is 1.32 bits per heavy atom. The van der Waals surface area contributed by atoms with E-state index in [1.165, 1.54) is 0 Å². The Labute approximate surface area is 117 Å².